The molecule has 6 aliphatic rings. The molecule has 0 heterocycles. The zero-order valence-electron chi connectivity index (χ0n) is 6.94. The molecular weight excluding hydrogens is 148 g/mol. The van der Waals surface area contributed by atoms with Gasteiger partial charge in [0.2, 0.25) is 0 Å². The smallest absolute Gasteiger partial charge is 0.140 e. The van der Waals surface area contributed by atoms with Gasteiger partial charge in [0.25, 0.3) is 0 Å². The molecule has 0 unspecified atom stereocenters. The van der Waals surface area contributed by atoms with Crippen LogP contribution >= 0.6 is 0 Å². The second-order valence-electron chi connectivity index (χ2n) is 5.74. The number of hydrogen-bond acceptors (Lipinski definition) is 1. The molecule has 12 heavy (non-hydrogen) atoms. The average Bonchev–Trinajstić information content (AvgIpc) is 2.68. The highest BCUT2D eigenvalue weighted by molar-refractivity contribution is 5.91. The van der Waals surface area contributed by atoms with Gasteiger partial charge in [0, 0.05) is 11.8 Å². The third-order valence-electron chi connectivity index (χ3n) is 6.03. The second-order valence-corrected chi connectivity index (χ2v) is 5.74. The van der Waals surface area contributed by atoms with Crippen LogP contribution in [0.4, 0.5) is 0 Å². The van der Waals surface area contributed by atoms with Gasteiger partial charge in [0.1, 0.15) is 5.78 Å². The topological polar surface area (TPSA) is 17.1 Å². The first-order chi connectivity index (χ1) is 5.88. The van der Waals surface area contributed by atoms with E-state index in [0.29, 0.717) is 17.6 Å². The van der Waals surface area contributed by atoms with Crippen LogP contribution in [0.2, 0.25) is 0 Å². The molecule has 62 valence electrons. The van der Waals surface area contributed by atoms with Crippen molar-refractivity contribution in [1.82, 2.24) is 0 Å². The van der Waals surface area contributed by atoms with E-state index in [1.807, 2.05) is 0 Å². The minimum absolute atomic E-state index is 0.591. The molecule has 8 atom stereocenters. The Balaban J connectivity index is 1.94. The Bertz CT molecular complexity index is 291. The predicted octanol–water partition coefficient (Wildman–Crippen LogP) is 1.33. The first-order valence-corrected chi connectivity index (χ1v) is 5.41. The summed E-state index contributed by atoms with van der Waals surface area (Å²) in [4.78, 5) is 11.9. The molecule has 6 rings (SSSR count). The van der Waals surface area contributed by atoms with Crippen molar-refractivity contribution in [3.63, 3.8) is 0 Å². The Morgan fingerprint density at radius 1 is 0.833 bits per heavy atom. The lowest BCUT2D eigenvalue weighted by Gasteiger charge is -2.32. The van der Waals surface area contributed by atoms with Gasteiger partial charge in [-0.25, -0.2) is 0 Å². The lowest BCUT2D eigenvalue weighted by molar-refractivity contribution is -0.122. The number of ketones is 1. The summed E-state index contributed by atoms with van der Waals surface area (Å²) in [5, 5.41) is 0. The Hall–Kier alpha value is -0.330. The van der Waals surface area contributed by atoms with Crippen molar-refractivity contribution in [3.8, 4) is 0 Å². The van der Waals surface area contributed by atoms with Gasteiger partial charge >= 0.3 is 0 Å². The lowest BCUT2D eigenvalue weighted by Crippen LogP contribution is -2.30. The van der Waals surface area contributed by atoms with Crippen molar-refractivity contribution in [2.45, 2.75) is 12.8 Å². The number of carbonyl (C=O) groups is 1. The molecule has 0 aromatic carbocycles. The highest BCUT2D eigenvalue weighted by Crippen LogP contribution is 2.81. The molecule has 6 bridgehead atoms. The van der Waals surface area contributed by atoms with E-state index in [0.717, 1.165) is 35.5 Å². The molecule has 6 saturated carbocycles. The Morgan fingerprint density at radius 3 is 1.83 bits per heavy atom. The molecule has 0 N–H and O–H groups in total. The summed E-state index contributed by atoms with van der Waals surface area (Å²) in [6.07, 6.45) is 2.90. The average molecular weight is 160 g/mol. The monoisotopic (exact) mass is 160 g/mol. The van der Waals surface area contributed by atoms with E-state index in [9.17, 15) is 4.79 Å². The van der Waals surface area contributed by atoms with Crippen LogP contribution in [0.1, 0.15) is 12.8 Å². The molecule has 0 aromatic heterocycles. The third-order valence-corrected chi connectivity index (χ3v) is 6.03. The molecule has 0 spiro atoms. The number of hydrogen-bond donors (Lipinski definition) is 0. The quantitative estimate of drug-likeness (QED) is 0.522. The summed E-state index contributed by atoms with van der Waals surface area (Å²) in [6, 6.07) is 0. The zero-order valence-corrected chi connectivity index (χ0v) is 6.94. The summed E-state index contributed by atoms with van der Waals surface area (Å²) >= 11 is 0. The molecule has 1 heteroatoms. The van der Waals surface area contributed by atoms with E-state index in [4.69, 9.17) is 0 Å². The van der Waals surface area contributed by atoms with Gasteiger partial charge in [-0.2, -0.15) is 0 Å². The van der Waals surface area contributed by atoms with Crippen LogP contribution < -0.4 is 0 Å². The van der Waals surface area contributed by atoms with Crippen molar-refractivity contribution >= 4 is 5.78 Å². The van der Waals surface area contributed by atoms with Gasteiger partial charge in [-0.05, 0) is 48.3 Å². The largest absolute Gasteiger partial charge is 0.299 e. The lowest BCUT2D eigenvalue weighted by atomic mass is 9.71. The molecule has 0 saturated heterocycles. The van der Waals surface area contributed by atoms with E-state index in [-0.39, 0.29) is 0 Å². The van der Waals surface area contributed by atoms with E-state index < -0.39 is 0 Å². The van der Waals surface area contributed by atoms with Gasteiger partial charge in [0.05, 0.1) is 0 Å². The van der Waals surface area contributed by atoms with Gasteiger partial charge in [-0.3, -0.25) is 4.79 Å². The zero-order chi connectivity index (χ0) is 7.61. The van der Waals surface area contributed by atoms with E-state index in [1.165, 1.54) is 12.8 Å². The second kappa shape index (κ2) is 1.21. The molecule has 0 amide bonds. The Kier molecular flexibility index (Phi) is 0.547. The number of rotatable bonds is 0. The fraction of sp³-hybridized carbons (Fsp3) is 0.909. The summed E-state index contributed by atoms with van der Waals surface area (Å²) in [5.74, 6) is 7.54. The molecule has 0 aromatic rings. The predicted molar refractivity (Wildman–Crippen MR) is 42.2 cm³/mol. The molecule has 6 aliphatic carbocycles. The maximum atomic E-state index is 11.9. The van der Waals surface area contributed by atoms with E-state index >= 15 is 0 Å². The van der Waals surface area contributed by atoms with Crippen LogP contribution in [0.5, 0.6) is 0 Å². The first kappa shape index (κ1) is 5.41. The number of carbonyl (C=O) groups excluding carboxylic acids is 1. The summed E-state index contributed by atoms with van der Waals surface area (Å²) in [5.41, 5.74) is 0. The minimum atomic E-state index is 0.591. The fourth-order valence-corrected chi connectivity index (χ4v) is 6.24. The molecule has 1 nitrogen and oxygen atoms in total. The molecule has 0 aliphatic heterocycles. The minimum Gasteiger partial charge on any atom is -0.299 e. The third kappa shape index (κ3) is 0.272. The van der Waals surface area contributed by atoms with Crippen LogP contribution in [-0.4, -0.2) is 5.78 Å². The summed E-state index contributed by atoms with van der Waals surface area (Å²) in [6.45, 7) is 0. The Labute approximate surface area is 71.5 Å². The maximum absolute atomic E-state index is 11.9. The van der Waals surface area contributed by atoms with Crippen molar-refractivity contribution in [2.75, 3.05) is 0 Å². The summed E-state index contributed by atoms with van der Waals surface area (Å²) < 4.78 is 0. The van der Waals surface area contributed by atoms with Crippen LogP contribution in [0, 0.1) is 47.3 Å². The standard InChI is InChI=1S/C11H12O/c12-11-9-5-1-3-4-2-6(7(3)9)10(11)8(4)5/h3-10H,1-2H2/t3-,4+,5-,6-,7-,8+,9+,10+/m1/s1. The normalized spacial score (nSPS) is 79.2. The highest BCUT2D eigenvalue weighted by Gasteiger charge is 2.80. The van der Waals surface area contributed by atoms with Gasteiger partial charge < -0.3 is 0 Å². The van der Waals surface area contributed by atoms with E-state index in [2.05, 4.69) is 0 Å². The molecule has 0 radical (unpaired) electrons. The first-order valence-electron chi connectivity index (χ1n) is 5.41. The highest BCUT2D eigenvalue weighted by atomic mass is 16.1. The fourth-order valence-electron chi connectivity index (χ4n) is 6.24. The van der Waals surface area contributed by atoms with Gasteiger partial charge in [-0.15, -0.1) is 0 Å². The van der Waals surface area contributed by atoms with Crippen LogP contribution in [0.15, 0.2) is 0 Å². The van der Waals surface area contributed by atoms with Crippen LogP contribution in [-0.2, 0) is 4.79 Å². The molecule has 6 fully saturated rings. The molecular formula is C11H12O. The van der Waals surface area contributed by atoms with Crippen molar-refractivity contribution in [2.24, 2.45) is 47.3 Å². The van der Waals surface area contributed by atoms with Crippen LogP contribution in [0.25, 0.3) is 0 Å². The van der Waals surface area contributed by atoms with Gasteiger partial charge in [-0.1, -0.05) is 0 Å². The van der Waals surface area contributed by atoms with E-state index in [1.54, 1.807) is 0 Å². The SMILES string of the molecule is O=C1[C@H]2[C@@H]3C[C@@H]4[C@@H]5C[C@@H]([C@H]1[C@@H]53)[C@@H]42. The number of Topliss-reactive ketones (excluding diaryl/α,β-unsaturated/α-hetero) is 1. The van der Waals surface area contributed by atoms with Crippen molar-refractivity contribution in [3.05, 3.63) is 0 Å². The summed E-state index contributed by atoms with van der Waals surface area (Å²) in [7, 11) is 0. The Morgan fingerprint density at radius 2 is 1.33 bits per heavy atom. The van der Waals surface area contributed by atoms with Crippen molar-refractivity contribution < 1.29 is 4.79 Å². The van der Waals surface area contributed by atoms with Gasteiger partial charge in [0.15, 0.2) is 0 Å². The maximum Gasteiger partial charge on any atom is 0.140 e. The van der Waals surface area contributed by atoms with Crippen LogP contribution in [0.3, 0.4) is 0 Å². The van der Waals surface area contributed by atoms with Crippen molar-refractivity contribution in [1.29, 1.82) is 0 Å².